The van der Waals surface area contributed by atoms with Crippen LogP contribution in [0.1, 0.15) is 26.2 Å². The number of allylic oxidation sites excluding steroid dienone is 5. The predicted molar refractivity (Wildman–Crippen MR) is 71.1 cm³/mol. The Morgan fingerprint density at radius 3 is 2.90 bits per heavy atom. The van der Waals surface area contributed by atoms with Crippen molar-refractivity contribution in [2.24, 2.45) is 0 Å². The van der Waals surface area contributed by atoms with Gasteiger partial charge in [0.1, 0.15) is 18.9 Å². The summed E-state index contributed by atoms with van der Waals surface area (Å²) in [6, 6.07) is 0. The van der Waals surface area contributed by atoms with E-state index in [1.807, 2.05) is 12.2 Å². The molecule has 1 heterocycles. The highest BCUT2D eigenvalue weighted by atomic mass is 16.5. The fourth-order valence-electron chi connectivity index (χ4n) is 1.83. The normalized spacial score (nSPS) is 17.1. The third kappa shape index (κ3) is 3.60. The lowest BCUT2D eigenvalue weighted by Crippen LogP contribution is -2.16. The Kier molecular flexibility index (Phi) is 4.76. The van der Waals surface area contributed by atoms with Gasteiger partial charge in [0.25, 0.3) is 0 Å². The van der Waals surface area contributed by atoms with Gasteiger partial charge in [-0.15, -0.1) is 0 Å². The van der Waals surface area contributed by atoms with Crippen molar-refractivity contribution >= 4 is 11.8 Å². The number of carbonyl (C=O) groups is 2. The molecule has 0 spiro atoms. The Bertz CT molecular complexity index is 522. The molecule has 0 aromatic carbocycles. The van der Waals surface area contributed by atoms with Gasteiger partial charge in [-0.2, -0.15) is 0 Å². The highest BCUT2D eigenvalue weighted by Gasteiger charge is 2.22. The first-order valence-corrected chi connectivity index (χ1v) is 6.49. The second-order valence-corrected chi connectivity index (χ2v) is 4.27. The van der Waals surface area contributed by atoms with Gasteiger partial charge in [-0.25, -0.2) is 0 Å². The lowest BCUT2D eigenvalue weighted by Gasteiger charge is -2.18. The molecule has 0 radical (unpaired) electrons. The topological polar surface area (TPSA) is 61.8 Å². The van der Waals surface area contributed by atoms with Gasteiger partial charge in [0.15, 0.2) is 5.76 Å². The van der Waals surface area contributed by atoms with Gasteiger partial charge in [-0.3, -0.25) is 9.59 Å². The van der Waals surface area contributed by atoms with Gasteiger partial charge in [0, 0.05) is 0 Å². The van der Waals surface area contributed by atoms with Crippen molar-refractivity contribution in [1.29, 1.82) is 0 Å². The molecule has 1 aliphatic heterocycles. The Morgan fingerprint density at radius 2 is 2.20 bits per heavy atom. The van der Waals surface area contributed by atoms with E-state index in [1.54, 1.807) is 6.92 Å². The van der Waals surface area contributed by atoms with E-state index in [0.29, 0.717) is 5.76 Å². The lowest BCUT2D eigenvalue weighted by atomic mass is 10.0. The summed E-state index contributed by atoms with van der Waals surface area (Å²) in [6.07, 6.45) is 9.94. The second-order valence-electron chi connectivity index (χ2n) is 4.27. The molecule has 0 fully saturated rings. The van der Waals surface area contributed by atoms with Crippen molar-refractivity contribution in [1.82, 2.24) is 0 Å². The van der Waals surface area contributed by atoms with Crippen LogP contribution in [-0.4, -0.2) is 18.4 Å². The molecule has 0 saturated heterocycles. The number of hydrogen-bond acceptors (Lipinski definition) is 5. The van der Waals surface area contributed by atoms with E-state index in [4.69, 9.17) is 14.2 Å². The highest BCUT2D eigenvalue weighted by Crippen LogP contribution is 2.26. The highest BCUT2D eigenvalue weighted by molar-refractivity contribution is 6.04. The molecule has 0 aromatic heterocycles. The molecule has 5 heteroatoms. The standard InChI is InChI=1S/C15H16O5/c1-2-19-15(17)8-12(16)14-10-18-9-13(20-14)11-6-4-3-5-7-11/h3-4,6,9-10H,2,5,7-8H2,1H3. The van der Waals surface area contributed by atoms with Gasteiger partial charge in [-0.1, -0.05) is 18.2 Å². The molecule has 0 unspecified atom stereocenters. The van der Waals surface area contributed by atoms with E-state index >= 15 is 0 Å². The van der Waals surface area contributed by atoms with Crippen LogP contribution in [0.3, 0.4) is 0 Å². The van der Waals surface area contributed by atoms with Crippen LogP contribution in [-0.2, 0) is 23.8 Å². The summed E-state index contributed by atoms with van der Waals surface area (Å²) in [5.74, 6) is -0.506. The van der Waals surface area contributed by atoms with E-state index in [1.165, 1.54) is 12.5 Å². The molecule has 0 bridgehead atoms. The molecule has 1 aliphatic carbocycles. The van der Waals surface area contributed by atoms with Gasteiger partial charge in [0.2, 0.25) is 11.5 Å². The monoisotopic (exact) mass is 276 g/mol. The first kappa shape index (κ1) is 14.1. The number of ether oxygens (including phenoxy) is 3. The number of carbonyl (C=O) groups excluding carboxylic acids is 2. The van der Waals surface area contributed by atoms with Crippen LogP contribution in [0, 0.1) is 0 Å². The average Bonchev–Trinajstić information content (AvgIpc) is 2.48. The van der Waals surface area contributed by atoms with E-state index in [9.17, 15) is 9.59 Å². The van der Waals surface area contributed by atoms with E-state index in [-0.39, 0.29) is 18.8 Å². The van der Waals surface area contributed by atoms with Crippen molar-refractivity contribution in [2.45, 2.75) is 26.2 Å². The van der Waals surface area contributed by atoms with Crippen molar-refractivity contribution in [2.75, 3.05) is 6.61 Å². The Labute approximate surface area is 117 Å². The Hall–Kier alpha value is -2.30. The fraction of sp³-hybridized carbons (Fsp3) is 0.333. The first-order valence-electron chi connectivity index (χ1n) is 6.49. The van der Waals surface area contributed by atoms with Crippen LogP contribution in [0.5, 0.6) is 0 Å². The molecule has 5 nitrogen and oxygen atoms in total. The fourth-order valence-corrected chi connectivity index (χ4v) is 1.83. The van der Waals surface area contributed by atoms with Crippen LogP contribution < -0.4 is 0 Å². The number of esters is 1. The zero-order valence-corrected chi connectivity index (χ0v) is 11.3. The molecule has 2 aliphatic rings. The minimum Gasteiger partial charge on any atom is -0.466 e. The van der Waals surface area contributed by atoms with Crippen LogP contribution in [0.25, 0.3) is 0 Å². The summed E-state index contributed by atoms with van der Waals surface area (Å²) < 4.78 is 15.4. The molecular weight excluding hydrogens is 260 g/mol. The van der Waals surface area contributed by atoms with Crippen molar-refractivity contribution in [3.8, 4) is 0 Å². The Morgan fingerprint density at radius 1 is 1.35 bits per heavy atom. The maximum atomic E-state index is 11.9. The molecule has 0 saturated carbocycles. The molecule has 2 rings (SSSR count). The molecule has 0 amide bonds. The number of rotatable bonds is 5. The number of Topliss-reactive ketones (excluding diaryl/α,β-unsaturated/α-hetero) is 1. The van der Waals surface area contributed by atoms with Crippen LogP contribution in [0.4, 0.5) is 0 Å². The average molecular weight is 276 g/mol. The molecular formula is C15H16O5. The summed E-state index contributed by atoms with van der Waals surface area (Å²) in [5, 5.41) is 0. The second kappa shape index (κ2) is 6.75. The third-order valence-corrected chi connectivity index (χ3v) is 2.79. The summed E-state index contributed by atoms with van der Waals surface area (Å²) >= 11 is 0. The largest absolute Gasteiger partial charge is 0.466 e. The Balaban J connectivity index is 1.96. The summed E-state index contributed by atoms with van der Waals surface area (Å²) in [6.45, 7) is 1.93. The zero-order chi connectivity index (χ0) is 14.4. The zero-order valence-electron chi connectivity index (χ0n) is 11.3. The summed E-state index contributed by atoms with van der Waals surface area (Å²) in [7, 11) is 0. The summed E-state index contributed by atoms with van der Waals surface area (Å²) in [4.78, 5) is 23.2. The first-order chi connectivity index (χ1) is 9.70. The third-order valence-electron chi connectivity index (χ3n) is 2.79. The minimum atomic E-state index is -0.571. The minimum absolute atomic E-state index is 0.0195. The molecule has 0 aromatic rings. The van der Waals surface area contributed by atoms with Gasteiger partial charge in [-0.05, 0) is 25.3 Å². The van der Waals surface area contributed by atoms with E-state index in [0.717, 1.165) is 18.4 Å². The van der Waals surface area contributed by atoms with Crippen LogP contribution in [0.15, 0.2) is 47.8 Å². The van der Waals surface area contributed by atoms with Crippen molar-refractivity contribution in [3.63, 3.8) is 0 Å². The SMILES string of the molecule is CCOC(=O)CC(=O)C1=COC=C(C2=CC=CCC2)O1. The quantitative estimate of drug-likeness (QED) is 0.570. The van der Waals surface area contributed by atoms with Crippen LogP contribution in [0.2, 0.25) is 0 Å². The molecule has 0 N–H and O–H groups in total. The van der Waals surface area contributed by atoms with E-state index in [2.05, 4.69) is 6.08 Å². The number of hydrogen-bond donors (Lipinski definition) is 0. The van der Waals surface area contributed by atoms with Crippen molar-refractivity contribution < 1.29 is 23.8 Å². The lowest BCUT2D eigenvalue weighted by molar-refractivity contribution is -0.145. The molecule has 0 atom stereocenters. The molecule has 106 valence electrons. The van der Waals surface area contributed by atoms with E-state index < -0.39 is 11.8 Å². The maximum Gasteiger partial charge on any atom is 0.313 e. The summed E-state index contributed by atoms with van der Waals surface area (Å²) in [5.41, 5.74) is 0.960. The maximum absolute atomic E-state index is 11.9. The smallest absolute Gasteiger partial charge is 0.313 e. The molecule has 20 heavy (non-hydrogen) atoms. The predicted octanol–water partition coefficient (Wildman–Crippen LogP) is 2.51. The van der Waals surface area contributed by atoms with Crippen LogP contribution >= 0.6 is 0 Å². The van der Waals surface area contributed by atoms with Gasteiger partial charge >= 0.3 is 5.97 Å². The van der Waals surface area contributed by atoms with Gasteiger partial charge in [0.05, 0.1) is 6.61 Å². The number of ketones is 1. The van der Waals surface area contributed by atoms with Gasteiger partial charge < -0.3 is 14.2 Å². The van der Waals surface area contributed by atoms with Crippen molar-refractivity contribution in [3.05, 3.63) is 47.8 Å².